The van der Waals surface area contributed by atoms with Crippen LogP contribution < -0.4 is 11.3 Å². The average Bonchev–Trinajstić information content (AvgIpc) is 3.19. The Morgan fingerprint density at radius 1 is 0.931 bits per heavy atom. The average molecular weight is 379 g/mol. The molecule has 0 spiro atoms. The number of aromatic nitrogens is 5. The summed E-state index contributed by atoms with van der Waals surface area (Å²) in [5.74, 6) is 0.397. The fourth-order valence-corrected chi connectivity index (χ4v) is 3.36. The molecule has 0 radical (unpaired) electrons. The fraction of sp³-hybridized carbons (Fsp3) is 0. The van der Waals surface area contributed by atoms with Gasteiger partial charge in [0.2, 0.25) is 0 Å². The molecule has 5 rings (SSSR count). The summed E-state index contributed by atoms with van der Waals surface area (Å²) in [7, 11) is 0. The monoisotopic (exact) mass is 379 g/mol. The van der Waals surface area contributed by atoms with Crippen molar-refractivity contribution in [3.8, 4) is 17.6 Å². The van der Waals surface area contributed by atoms with Crippen LogP contribution in [0.1, 0.15) is 5.56 Å². The molecular weight excluding hydrogens is 366 g/mol. The third kappa shape index (κ3) is 2.45. The van der Waals surface area contributed by atoms with E-state index in [9.17, 15) is 10.1 Å². The summed E-state index contributed by atoms with van der Waals surface area (Å²) in [6.45, 7) is 0. The molecule has 2 heterocycles. The van der Waals surface area contributed by atoms with Crippen LogP contribution in [-0.4, -0.2) is 24.8 Å². The number of nitriles is 1. The SMILES string of the molecule is N#Cc1ccc2c(-n3nnc4ccccc43)nn(-c3ccccc3)c(=O)c2c1N. The van der Waals surface area contributed by atoms with Crippen LogP contribution in [0.4, 0.5) is 5.69 Å². The first-order valence-electron chi connectivity index (χ1n) is 8.81. The summed E-state index contributed by atoms with van der Waals surface area (Å²) in [6, 6.07) is 21.8. The number of nitrogens with zero attached hydrogens (tertiary/aromatic N) is 6. The van der Waals surface area contributed by atoms with Crippen molar-refractivity contribution in [3.05, 3.63) is 82.6 Å². The van der Waals surface area contributed by atoms with Crippen molar-refractivity contribution in [2.75, 3.05) is 5.73 Å². The van der Waals surface area contributed by atoms with Gasteiger partial charge in [-0.3, -0.25) is 4.79 Å². The highest BCUT2D eigenvalue weighted by molar-refractivity contribution is 5.99. The van der Waals surface area contributed by atoms with E-state index in [0.29, 0.717) is 22.4 Å². The maximum Gasteiger partial charge on any atom is 0.281 e. The third-order valence-electron chi connectivity index (χ3n) is 4.76. The summed E-state index contributed by atoms with van der Waals surface area (Å²) in [5, 5.41) is 23.1. The number of fused-ring (bicyclic) bond motifs is 2. The smallest absolute Gasteiger partial charge is 0.281 e. The zero-order valence-corrected chi connectivity index (χ0v) is 15.0. The van der Waals surface area contributed by atoms with Crippen molar-refractivity contribution in [1.29, 1.82) is 5.26 Å². The van der Waals surface area contributed by atoms with Gasteiger partial charge in [0.25, 0.3) is 5.56 Å². The molecule has 138 valence electrons. The van der Waals surface area contributed by atoms with Gasteiger partial charge in [0.15, 0.2) is 5.82 Å². The molecule has 0 unspecified atom stereocenters. The summed E-state index contributed by atoms with van der Waals surface area (Å²) < 4.78 is 2.84. The van der Waals surface area contributed by atoms with Crippen LogP contribution in [0.5, 0.6) is 0 Å². The summed E-state index contributed by atoms with van der Waals surface area (Å²) in [6.07, 6.45) is 0. The van der Waals surface area contributed by atoms with Crippen molar-refractivity contribution in [1.82, 2.24) is 24.8 Å². The van der Waals surface area contributed by atoms with E-state index in [-0.39, 0.29) is 16.6 Å². The van der Waals surface area contributed by atoms with Gasteiger partial charge in [-0.15, -0.1) is 10.2 Å². The van der Waals surface area contributed by atoms with E-state index < -0.39 is 5.56 Å². The molecule has 29 heavy (non-hydrogen) atoms. The first-order valence-corrected chi connectivity index (χ1v) is 8.81. The molecule has 0 fully saturated rings. The van der Waals surface area contributed by atoms with Crippen LogP contribution in [0.2, 0.25) is 0 Å². The molecule has 3 aromatic carbocycles. The molecule has 0 saturated carbocycles. The third-order valence-corrected chi connectivity index (χ3v) is 4.76. The lowest BCUT2D eigenvalue weighted by Crippen LogP contribution is -2.24. The molecule has 0 aliphatic heterocycles. The second-order valence-corrected chi connectivity index (χ2v) is 6.43. The molecule has 2 aromatic heterocycles. The van der Waals surface area contributed by atoms with Gasteiger partial charge in [-0.25, -0.2) is 0 Å². The summed E-state index contributed by atoms with van der Waals surface area (Å²) in [4.78, 5) is 13.3. The number of hydrogen-bond acceptors (Lipinski definition) is 6. The highest BCUT2D eigenvalue weighted by Crippen LogP contribution is 2.27. The molecule has 0 aliphatic carbocycles. The van der Waals surface area contributed by atoms with Gasteiger partial charge in [-0.1, -0.05) is 35.5 Å². The zero-order chi connectivity index (χ0) is 20.0. The summed E-state index contributed by atoms with van der Waals surface area (Å²) in [5.41, 5.74) is 8.15. The zero-order valence-electron chi connectivity index (χ0n) is 15.0. The lowest BCUT2D eigenvalue weighted by atomic mass is 10.1. The van der Waals surface area contributed by atoms with E-state index >= 15 is 0 Å². The topological polar surface area (TPSA) is 115 Å². The molecule has 0 atom stereocenters. The lowest BCUT2D eigenvalue weighted by Gasteiger charge is -2.13. The Kier molecular flexibility index (Phi) is 3.61. The van der Waals surface area contributed by atoms with Gasteiger partial charge in [0, 0.05) is 5.39 Å². The molecule has 2 N–H and O–H groups in total. The Hall–Kier alpha value is -4.51. The van der Waals surface area contributed by atoms with Gasteiger partial charge in [-0.2, -0.15) is 14.6 Å². The van der Waals surface area contributed by atoms with Crippen molar-refractivity contribution >= 4 is 27.5 Å². The second-order valence-electron chi connectivity index (χ2n) is 6.43. The number of anilines is 1. The van der Waals surface area contributed by atoms with Crippen LogP contribution in [0.25, 0.3) is 33.3 Å². The molecule has 0 amide bonds. The van der Waals surface area contributed by atoms with Crippen molar-refractivity contribution < 1.29 is 0 Å². The van der Waals surface area contributed by atoms with E-state index in [1.807, 2.05) is 48.5 Å². The number of nitrogens with two attached hydrogens (primary N) is 1. The quantitative estimate of drug-likeness (QED) is 0.471. The first-order chi connectivity index (χ1) is 14.2. The highest BCUT2D eigenvalue weighted by atomic mass is 16.1. The Morgan fingerprint density at radius 3 is 2.48 bits per heavy atom. The fourth-order valence-electron chi connectivity index (χ4n) is 3.36. The predicted octanol–water partition coefficient (Wildman–Crippen LogP) is 2.57. The minimum Gasteiger partial charge on any atom is -0.397 e. The largest absolute Gasteiger partial charge is 0.397 e. The highest BCUT2D eigenvalue weighted by Gasteiger charge is 2.19. The Bertz CT molecular complexity index is 1490. The predicted molar refractivity (Wildman–Crippen MR) is 109 cm³/mol. The van der Waals surface area contributed by atoms with E-state index in [2.05, 4.69) is 15.4 Å². The van der Waals surface area contributed by atoms with Crippen molar-refractivity contribution in [2.24, 2.45) is 0 Å². The Morgan fingerprint density at radius 2 is 1.69 bits per heavy atom. The van der Waals surface area contributed by atoms with Gasteiger partial charge < -0.3 is 5.73 Å². The number of para-hydroxylation sites is 2. The van der Waals surface area contributed by atoms with Gasteiger partial charge >= 0.3 is 0 Å². The molecule has 0 aliphatic rings. The molecule has 5 aromatic rings. The van der Waals surface area contributed by atoms with Gasteiger partial charge in [-0.05, 0) is 36.4 Å². The maximum atomic E-state index is 13.3. The minimum absolute atomic E-state index is 0.118. The van der Waals surface area contributed by atoms with Crippen LogP contribution >= 0.6 is 0 Å². The van der Waals surface area contributed by atoms with Crippen LogP contribution in [0, 0.1) is 11.3 Å². The van der Waals surface area contributed by atoms with Crippen molar-refractivity contribution in [3.63, 3.8) is 0 Å². The molecule has 0 saturated heterocycles. The molecule has 8 nitrogen and oxygen atoms in total. The van der Waals surface area contributed by atoms with E-state index in [0.717, 1.165) is 5.52 Å². The van der Waals surface area contributed by atoms with Crippen molar-refractivity contribution in [2.45, 2.75) is 0 Å². The number of rotatable bonds is 2. The Labute approximate surface area is 164 Å². The standard InChI is InChI=1S/C21H13N7O/c22-12-13-10-11-15-18(19(13)23)21(29)27(14-6-2-1-3-7-14)25-20(15)28-17-9-5-4-8-16(17)24-26-28/h1-11H,23H2. The van der Waals surface area contributed by atoms with Crippen LogP contribution in [0.15, 0.2) is 71.5 Å². The van der Waals surface area contributed by atoms with E-state index in [4.69, 9.17) is 5.73 Å². The molecular formula is C21H13N7O. The second kappa shape index (κ2) is 6.28. The molecule has 8 heteroatoms. The number of benzene rings is 3. The van der Waals surface area contributed by atoms with Gasteiger partial charge in [0.05, 0.1) is 27.8 Å². The van der Waals surface area contributed by atoms with E-state index in [1.54, 1.807) is 28.9 Å². The van der Waals surface area contributed by atoms with Gasteiger partial charge in [0.1, 0.15) is 11.6 Å². The Balaban J connectivity index is 1.96. The lowest BCUT2D eigenvalue weighted by molar-refractivity contribution is 0.739. The number of hydrogen-bond donors (Lipinski definition) is 1. The van der Waals surface area contributed by atoms with Crippen LogP contribution in [-0.2, 0) is 0 Å². The maximum absolute atomic E-state index is 13.3. The minimum atomic E-state index is -0.408. The normalized spacial score (nSPS) is 11.0. The van der Waals surface area contributed by atoms with E-state index in [1.165, 1.54) is 4.68 Å². The molecule has 0 bridgehead atoms. The number of nitrogen functional groups attached to an aromatic ring is 1. The first kappa shape index (κ1) is 16.6. The van der Waals surface area contributed by atoms with Crippen LogP contribution in [0.3, 0.4) is 0 Å². The summed E-state index contributed by atoms with van der Waals surface area (Å²) >= 11 is 0.